The van der Waals surface area contributed by atoms with Gasteiger partial charge in [-0.05, 0) is 31.3 Å². The summed E-state index contributed by atoms with van der Waals surface area (Å²) in [7, 11) is 0. The third-order valence-corrected chi connectivity index (χ3v) is 3.40. The molecule has 0 aliphatic rings. The van der Waals surface area contributed by atoms with Gasteiger partial charge >= 0.3 is 0 Å². The lowest BCUT2D eigenvalue weighted by atomic mass is 10.2. The number of aromatic nitrogens is 2. The van der Waals surface area contributed by atoms with Crippen LogP contribution in [0.1, 0.15) is 11.3 Å². The van der Waals surface area contributed by atoms with E-state index in [9.17, 15) is 0 Å². The van der Waals surface area contributed by atoms with Crippen molar-refractivity contribution in [3.63, 3.8) is 0 Å². The van der Waals surface area contributed by atoms with E-state index in [0.717, 1.165) is 16.9 Å². The van der Waals surface area contributed by atoms with Crippen molar-refractivity contribution in [1.82, 2.24) is 20.5 Å². The van der Waals surface area contributed by atoms with E-state index in [0.29, 0.717) is 16.8 Å². The summed E-state index contributed by atoms with van der Waals surface area (Å²) < 4.78 is 1.78. The van der Waals surface area contributed by atoms with Crippen molar-refractivity contribution in [3.8, 4) is 5.69 Å². The molecular formula is C15H16ClN5S. The zero-order chi connectivity index (χ0) is 15.9. The van der Waals surface area contributed by atoms with Gasteiger partial charge in [0.2, 0.25) is 0 Å². The molecule has 0 atom stereocenters. The summed E-state index contributed by atoms with van der Waals surface area (Å²) >= 11 is 11.2. The number of rotatable bonds is 5. The van der Waals surface area contributed by atoms with Crippen molar-refractivity contribution in [1.29, 1.82) is 0 Å². The molecule has 0 aliphatic heterocycles. The van der Waals surface area contributed by atoms with E-state index in [4.69, 9.17) is 23.8 Å². The lowest BCUT2D eigenvalue weighted by molar-refractivity contribution is 0.847. The highest BCUT2D eigenvalue weighted by molar-refractivity contribution is 7.80. The molecule has 22 heavy (non-hydrogen) atoms. The van der Waals surface area contributed by atoms with E-state index in [2.05, 4.69) is 27.5 Å². The van der Waals surface area contributed by atoms with Crippen molar-refractivity contribution in [2.45, 2.75) is 6.92 Å². The fourth-order valence-electron chi connectivity index (χ4n) is 1.81. The summed E-state index contributed by atoms with van der Waals surface area (Å²) in [6, 6.07) is 9.77. The summed E-state index contributed by atoms with van der Waals surface area (Å²) in [4.78, 5) is 0. The Morgan fingerprint density at radius 3 is 2.86 bits per heavy atom. The number of hydrazone groups is 1. The number of thiocarbonyl (C=S) groups is 1. The standard InChI is InChI=1S/C15H16ClN5S/c1-3-9-17-15(22)19-18-10-13-11(2)21(20-14(13)16)12-7-5-4-6-8-12/h3-8,10H,1,9H2,2H3,(H2,17,19,22)/b18-10+. The topological polar surface area (TPSA) is 54.2 Å². The first-order valence-corrected chi connectivity index (χ1v) is 7.40. The minimum atomic E-state index is 0.386. The van der Waals surface area contributed by atoms with Gasteiger partial charge in [0.15, 0.2) is 10.3 Å². The number of nitrogens with zero attached hydrogens (tertiary/aromatic N) is 3. The molecule has 0 aliphatic carbocycles. The number of benzene rings is 1. The van der Waals surface area contributed by atoms with Crippen molar-refractivity contribution in [3.05, 3.63) is 59.4 Å². The van der Waals surface area contributed by atoms with Gasteiger partial charge in [0.05, 0.1) is 23.2 Å². The second kappa shape index (κ2) is 7.72. The molecule has 0 amide bonds. The van der Waals surface area contributed by atoms with Crippen molar-refractivity contribution in [2.24, 2.45) is 5.10 Å². The highest BCUT2D eigenvalue weighted by Gasteiger charge is 2.12. The van der Waals surface area contributed by atoms with Crippen LogP contribution in [0.4, 0.5) is 0 Å². The van der Waals surface area contributed by atoms with Gasteiger partial charge < -0.3 is 5.32 Å². The van der Waals surface area contributed by atoms with Crippen LogP contribution in [0.5, 0.6) is 0 Å². The summed E-state index contributed by atoms with van der Waals surface area (Å²) in [5.41, 5.74) is 5.29. The molecule has 0 fully saturated rings. The molecule has 7 heteroatoms. The van der Waals surface area contributed by atoms with Gasteiger partial charge in [-0.25, -0.2) is 4.68 Å². The van der Waals surface area contributed by atoms with Crippen molar-refractivity contribution >= 4 is 35.1 Å². The van der Waals surface area contributed by atoms with E-state index in [1.54, 1.807) is 17.0 Å². The van der Waals surface area contributed by atoms with Gasteiger partial charge in [-0.15, -0.1) is 6.58 Å². The SMILES string of the molecule is C=CCNC(=S)N/N=C/c1c(Cl)nn(-c2ccccc2)c1C. The third-order valence-electron chi connectivity index (χ3n) is 2.89. The maximum Gasteiger partial charge on any atom is 0.187 e. The summed E-state index contributed by atoms with van der Waals surface area (Å²) in [5.74, 6) is 0. The number of para-hydroxylation sites is 1. The first-order chi connectivity index (χ1) is 10.6. The summed E-state index contributed by atoms with van der Waals surface area (Å²) in [6.45, 7) is 6.11. The second-order valence-electron chi connectivity index (χ2n) is 4.41. The van der Waals surface area contributed by atoms with E-state index in [1.165, 1.54) is 0 Å². The summed E-state index contributed by atoms with van der Waals surface area (Å²) in [6.07, 6.45) is 3.31. The van der Waals surface area contributed by atoms with E-state index >= 15 is 0 Å². The number of halogens is 1. The molecule has 0 unspecified atom stereocenters. The Labute approximate surface area is 139 Å². The molecule has 1 heterocycles. The normalized spacial score (nSPS) is 10.6. The molecular weight excluding hydrogens is 318 g/mol. The first-order valence-electron chi connectivity index (χ1n) is 6.62. The van der Waals surface area contributed by atoms with Gasteiger partial charge in [0.1, 0.15) is 0 Å². The van der Waals surface area contributed by atoms with Crippen LogP contribution in [0.15, 0.2) is 48.1 Å². The van der Waals surface area contributed by atoms with E-state index in [-0.39, 0.29) is 0 Å². The van der Waals surface area contributed by atoms with E-state index < -0.39 is 0 Å². The molecule has 0 bridgehead atoms. The highest BCUT2D eigenvalue weighted by atomic mass is 35.5. The Bertz CT molecular complexity index is 693. The van der Waals surface area contributed by atoms with Gasteiger partial charge in [-0.3, -0.25) is 5.43 Å². The lowest BCUT2D eigenvalue weighted by Crippen LogP contribution is -2.31. The predicted octanol–water partition coefficient (Wildman–Crippen LogP) is 2.82. The molecule has 114 valence electrons. The highest BCUT2D eigenvalue weighted by Crippen LogP contribution is 2.20. The minimum Gasteiger partial charge on any atom is -0.358 e. The Hall–Kier alpha value is -2.18. The monoisotopic (exact) mass is 333 g/mol. The number of hydrogen-bond acceptors (Lipinski definition) is 3. The zero-order valence-electron chi connectivity index (χ0n) is 12.1. The van der Waals surface area contributed by atoms with Crippen LogP contribution >= 0.6 is 23.8 Å². The smallest absolute Gasteiger partial charge is 0.187 e. The molecule has 1 aromatic carbocycles. The largest absolute Gasteiger partial charge is 0.358 e. The van der Waals surface area contributed by atoms with Crippen LogP contribution in [0.3, 0.4) is 0 Å². The third kappa shape index (κ3) is 3.93. The van der Waals surface area contributed by atoms with Crippen LogP contribution in [-0.4, -0.2) is 27.7 Å². The fourth-order valence-corrected chi connectivity index (χ4v) is 2.20. The maximum absolute atomic E-state index is 6.19. The Kier molecular flexibility index (Phi) is 5.68. The number of hydrogen-bond donors (Lipinski definition) is 2. The quantitative estimate of drug-likeness (QED) is 0.382. The molecule has 5 nitrogen and oxygen atoms in total. The molecule has 0 saturated carbocycles. The number of nitrogens with one attached hydrogen (secondary N) is 2. The van der Waals surface area contributed by atoms with E-state index in [1.807, 2.05) is 37.3 Å². The molecule has 2 aromatic rings. The zero-order valence-corrected chi connectivity index (χ0v) is 13.7. The molecule has 2 rings (SSSR count). The van der Waals surface area contributed by atoms with Gasteiger partial charge in [0, 0.05) is 6.54 Å². The lowest BCUT2D eigenvalue weighted by Gasteiger charge is -2.04. The fraction of sp³-hybridized carbons (Fsp3) is 0.133. The maximum atomic E-state index is 6.19. The van der Waals surface area contributed by atoms with Gasteiger partial charge in [-0.1, -0.05) is 35.9 Å². The minimum absolute atomic E-state index is 0.386. The Morgan fingerprint density at radius 2 is 2.18 bits per heavy atom. The van der Waals surface area contributed by atoms with Gasteiger partial charge in [0.25, 0.3) is 0 Å². The molecule has 2 N–H and O–H groups in total. The molecule has 0 radical (unpaired) electrons. The average molecular weight is 334 g/mol. The van der Waals surface area contributed by atoms with Gasteiger partial charge in [-0.2, -0.15) is 10.2 Å². The predicted molar refractivity (Wildman–Crippen MR) is 94.8 cm³/mol. The second-order valence-corrected chi connectivity index (χ2v) is 5.17. The van der Waals surface area contributed by atoms with Crippen LogP contribution in [0.2, 0.25) is 5.15 Å². The molecule has 1 aromatic heterocycles. The Balaban J connectivity index is 2.14. The molecule has 0 spiro atoms. The Morgan fingerprint density at radius 1 is 1.45 bits per heavy atom. The average Bonchev–Trinajstić information content (AvgIpc) is 2.81. The van der Waals surface area contributed by atoms with Crippen LogP contribution < -0.4 is 10.7 Å². The summed E-state index contributed by atoms with van der Waals surface area (Å²) in [5, 5.41) is 12.1. The molecule has 0 saturated heterocycles. The van der Waals surface area contributed by atoms with Crippen LogP contribution in [-0.2, 0) is 0 Å². The van der Waals surface area contributed by atoms with Crippen molar-refractivity contribution in [2.75, 3.05) is 6.54 Å². The van der Waals surface area contributed by atoms with Crippen molar-refractivity contribution < 1.29 is 0 Å². The van der Waals surface area contributed by atoms with Crippen LogP contribution in [0, 0.1) is 6.92 Å². The first kappa shape index (κ1) is 16.2. The van der Waals surface area contributed by atoms with Crippen LogP contribution in [0.25, 0.3) is 5.69 Å².